The van der Waals surface area contributed by atoms with Gasteiger partial charge in [-0.25, -0.2) is 0 Å². The van der Waals surface area contributed by atoms with Gasteiger partial charge in [-0.2, -0.15) is 0 Å². The molecule has 2 saturated heterocycles. The van der Waals surface area contributed by atoms with Gasteiger partial charge in [-0.15, -0.1) is 0 Å². The molecule has 3 heterocycles. The molecular formula is C21H30N4O3. The van der Waals surface area contributed by atoms with E-state index in [1.165, 1.54) is 4.57 Å². The van der Waals surface area contributed by atoms with Crippen LogP contribution >= 0.6 is 0 Å². The van der Waals surface area contributed by atoms with E-state index in [1.807, 2.05) is 0 Å². The number of aryl methyl sites for hydroxylation is 1. The van der Waals surface area contributed by atoms with Crippen LogP contribution in [0, 0.1) is 5.92 Å². The molecule has 2 amide bonds. The Morgan fingerprint density at radius 1 is 1.07 bits per heavy atom. The van der Waals surface area contributed by atoms with E-state index < -0.39 is 0 Å². The number of nitrogens with zero attached hydrogens (tertiary/aromatic N) is 3. The Kier molecular flexibility index (Phi) is 5.53. The Morgan fingerprint density at radius 3 is 2.54 bits per heavy atom. The maximum Gasteiger partial charge on any atom is 0.263 e. The third-order valence-corrected chi connectivity index (χ3v) is 6.37. The number of aromatic nitrogens is 1. The van der Waals surface area contributed by atoms with E-state index in [9.17, 15) is 14.4 Å². The summed E-state index contributed by atoms with van der Waals surface area (Å²) in [6, 6.07) is 4.19. The number of piperidine rings is 2. The molecule has 1 N–H and O–H groups in total. The van der Waals surface area contributed by atoms with Gasteiger partial charge in [0.1, 0.15) is 5.56 Å². The second-order valence-electron chi connectivity index (χ2n) is 8.48. The second kappa shape index (κ2) is 8.07. The third kappa shape index (κ3) is 4.14. The number of pyridine rings is 1. The van der Waals surface area contributed by atoms with Crippen molar-refractivity contribution in [3.63, 3.8) is 0 Å². The molecule has 3 aliphatic rings. The fourth-order valence-corrected chi connectivity index (χ4v) is 4.46. The number of nitrogens with one attached hydrogen (secondary N) is 1. The zero-order valence-electron chi connectivity index (χ0n) is 16.6. The lowest BCUT2D eigenvalue weighted by molar-refractivity contribution is -0.127. The first-order valence-corrected chi connectivity index (χ1v) is 10.5. The molecule has 0 bridgehead atoms. The van der Waals surface area contributed by atoms with Crippen LogP contribution in [0.3, 0.4) is 0 Å². The molecule has 2 aliphatic heterocycles. The topological polar surface area (TPSA) is 74.7 Å². The van der Waals surface area contributed by atoms with Crippen LogP contribution in [-0.2, 0) is 11.8 Å². The standard InChI is InChI=1S/C21H30N4O3/c1-23-10-3-5-18(20(23)27)21(28)24-12-8-17(9-13-24)25-11-2-4-15(14-25)19(26)22-16-6-7-16/h3,5,10,15-17H,2,4,6-9,11-14H2,1H3,(H,22,26)/t15-/m0/s1. The van der Waals surface area contributed by atoms with Crippen molar-refractivity contribution in [2.45, 2.75) is 50.6 Å². The molecule has 1 aliphatic carbocycles. The largest absolute Gasteiger partial charge is 0.353 e. The molecular weight excluding hydrogens is 356 g/mol. The summed E-state index contributed by atoms with van der Waals surface area (Å²) in [5, 5.41) is 3.15. The van der Waals surface area contributed by atoms with Crippen molar-refractivity contribution in [3.8, 4) is 0 Å². The lowest BCUT2D eigenvalue weighted by Crippen LogP contribution is -2.52. The van der Waals surface area contributed by atoms with Crippen LogP contribution in [-0.4, -0.2) is 64.4 Å². The molecule has 1 saturated carbocycles. The summed E-state index contributed by atoms with van der Waals surface area (Å²) in [4.78, 5) is 41.6. The fraction of sp³-hybridized carbons (Fsp3) is 0.667. The minimum atomic E-state index is -0.241. The van der Waals surface area contributed by atoms with Crippen LogP contribution in [0.1, 0.15) is 48.9 Å². The lowest BCUT2D eigenvalue weighted by atomic mass is 9.93. The summed E-state index contributed by atoms with van der Waals surface area (Å²) in [6.45, 7) is 3.19. The maximum atomic E-state index is 12.8. The number of carbonyl (C=O) groups excluding carboxylic acids is 2. The molecule has 1 aromatic heterocycles. The molecule has 7 nitrogen and oxygen atoms in total. The summed E-state index contributed by atoms with van der Waals surface area (Å²) in [5.41, 5.74) is 0.00778. The van der Waals surface area contributed by atoms with Crippen LogP contribution in [0.25, 0.3) is 0 Å². The molecule has 0 unspecified atom stereocenters. The number of hydrogen-bond donors (Lipinski definition) is 1. The molecule has 1 atom stereocenters. The highest BCUT2D eigenvalue weighted by atomic mass is 16.2. The number of rotatable bonds is 4. The minimum Gasteiger partial charge on any atom is -0.353 e. The van der Waals surface area contributed by atoms with Gasteiger partial charge in [-0.1, -0.05) is 0 Å². The normalized spacial score (nSPS) is 24.2. The molecule has 28 heavy (non-hydrogen) atoms. The van der Waals surface area contributed by atoms with E-state index in [4.69, 9.17) is 0 Å². The summed E-state index contributed by atoms with van der Waals surface area (Å²) in [7, 11) is 1.66. The Balaban J connectivity index is 1.32. The molecule has 1 aromatic rings. The number of hydrogen-bond acceptors (Lipinski definition) is 4. The highest BCUT2D eigenvalue weighted by molar-refractivity contribution is 5.93. The molecule has 0 spiro atoms. The molecule has 4 rings (SSSR count). The van der Waals surface area contributed by atoms with Crippen molar-refractivity contribution < 1.29 is 9.59 Å². The van der Waals surface area contributed by atoms with Crippen molar-refractivity contribution in [2.24, 2.45) is 13.0 Å². The van der Waals surface area contributed by atoms with Gasteiger partial charge in [-0.05, 0) is 57.2 Å². The Hall–Kier alpha value is -2.15. The molecule has 3 fully saturated rings. The number of amides is 2. The van der Waals surface area contributed by atoms with Gasteiger partial charge >= 0.3 is 0 Å². The highest BCUT2D eigenvalue weighted by Crippen LogP contribution is 2.26. The van der Waals surface area contributed by atoms with E-state index in [1.54, 1.807) is 30.3 Å². The van der Waals surface area contributed by atoms with E-state index >= 15 is 0 Å². The number of likely N-dealkylation sites (tertiary alicyclic amines) is 2. The van der Waals surface area contributed by atoms with Gasteiger partial charge < -0.3 is 14.8 Å². The first-order chi connectivity index (χ1) is 13.5. The predicted molar refractivity (Wildman–Crippen MR) is 106 cm³/mol. The maximum absolute atomic E-state index is 12.8. The first kappa shape index (κ1) is 19.2. The molecule has 0 aromatic carbocycles. The summed E-state index contributed by atoms with van der Waals surface area (Å²) in [5.74, 6) is 0.154. The fourth-order valence-electron chi connectivity index (χ4n) is 4.46. The monoisotopic (exact) mass is 386 g/mol. The average molecular weight is 386 g/mol. The van der Waals surface area contributed by atoms with Crippen molar-refractivity contribution >= 4 is 11.8 Å². The van der Waals surface area contributed by atoms with Crippen molar-refractivity contribution in [2.75, 3.05) is 26.2 Å². The average Bonchev–Trinajstić information content (AvgIpc) is 3.54. The van der Waals surface area contributed by atoms with Gasteiger partial charge in [0, 0.05) is 45.0 Å². The predicted octanol–water partition coefficient (Wildman–Crippen LogP) is 0.981. The van der Waals surface area contributed by atoms with E-state index in [0.717, 1.165) is 51.6 Å². The molecule has 7 heteroatoms. The van der Waals surface area contributed by atoms with Crippen LogP contribution in [0.2, 0.25) is 0 Å². The van der Waals surface area contributed by atoms with E-state index in [-0.39, 0.29) is 28.9 Å². The SMILES string of the molecule is Cn1cccc(C(=O)N2CCC(N3CCC[C@H](C(=O)NC4CC4)C3)CC2)c1=O. The number of carbonyl (C=O) groups is 2. The van der Waals surface area contributed by atoms with Gasteiger partial charge in [-0.3, -0.25) is 19.3 Å². The van der Waals surface area contributed by atoms with Gasteiger partial charge in [0.05, 0.1) is 5.92 Å². The van der Waals surface area contributed by atoms with E-state index in [2.05, 4.69) is 10.2 Å². The molecule has 0 radical (unpaired) electrons. The van der Waals surface area contributed by atoms with Gasteiger partial charge in [0.2, 0.25) is 5.91 Å². The van der Waals surface area contributed by atoms with Crippen molar-refractivity contribution in [1.29, 1.82) is 0 Å². The lowest BCUT2D eigenvalue weighted by Gasteiger charge is -2.42. The summed E-state index contributed by atoms with van der Waals surface area (Å²) < 4.78 is 1.44. The quantitative estimate of drug-likeness (QED) is 0.837. The first-order valence-electron chi connectivity index (χ1n) is 10.5. The van der Waals surface area contributed by atoms with Crippen LogP contribution < -0.4 is 10.9 Å². The smallest absolute Gasteiger partial charge is 0.263 e. The summed E-state index contributed by atoms with van der Waals surface area (Å²) >= 11 is 0. The Morgan fingerprint density at radius 2 is 1.82 bits per heavy atom. The van der Waals surface area contributed by atoms with Gasteiger partial charge in [0.25, 0.3) is 11.5 Å². The van der Waals surface area contributed by atoms with Crippen LogP contribution in [0.5, 0.6) is 0 Å². The third-order valence-electron chi connectivity index (χ3n) is 6.37. The second-order valence-corrected chi connectivity index (χ2v) is 8.48. The van der Waals surface area contributed by atoms with Crippen LogP contribution in [0.4, 0.5) is 0 Å². The van der Waals surface area contributed by atoms with Gasteiger partial charge in [0.15, 0.2) is 0 Å². The van der Waals surface area contributed by atoms with Crippen molar-refractivity contribution in [3.05, 3.63) is 34.2 Å². The van der Waals surface area contributed by atoms with Crippen LogP contribution in [0.15, 0.2) is 23.1 Å². The zero-order valence-corrected chi connectivity index (χ0v) is 16.6. The van der Waals surface area contributed by atoms with E-state index in [0.29, 0.717) is 25.2 Å². The summed E-state index contributed by atoms with van der Waals surface area (Å²) in [6.07, 6.45) is 7.74. The highest BCUT2D eigenvalue weighted by Gasteiger charge is 2.34. The molecule has 152 valence electrons. The van der Waals surface area contributed by atoms with Crippen molar-refractivity contribution in [1.82, 2.24) is 19.7 Å². The Labute approximate surface area is 165 Å². The minimum absolute atomic E-state index is 0.0985. The zero-order chi connectivity index (χ0) is 19.7. The Bertz CT molecular complexity index is 793.